The molecular weight excluding hydrogens is 214 g/mol. The van der Waals surface area contributed by atoms with Gasteiger partial charge in [0, 0.05) is 13.1 Å². The highest BCUT2D eigenvalue weighted by atomic mass is 16.5. The van der Waals surface area contributed by atoms with Crippen LogP contribution in [0, 0.1) is 10.8 Å². The first kappa shape index (κ1) is 14.5. The lowest BCUT2D eigenvalue weighted by Gasteiger charge is -2.30. The molecule has 0 aromatic rings. The molecule has 0 spiro atoms. The predicted molar refractivity (Wildman–Crippen MR) is 69.9 cm³/mol. The van der Waals surface area contributed by atoms with Crippen molar-refractivity contribution >= 4 is 5.97 Å². The quantitative estimate of drug-likeness (QED) is 0.727. The highest BCUT2D eigenvalue weighted by Crippen LogP contribution is 2.40. The van der Waals surface area contributed by atoms with Crippen LogP contribution in [0.4, 0.5) is 0 Å². The van der Waals surface area contributed by atoms with Gasteiger partial charge in [0.15, 0.2) is 0 Å². The number of hydrogen-bond acceptors (Lipinski definition) is 3. The summed E-state index contributed by atoms with van der Waals surface area (Å²) in [6.45, 7) is 7.86. The summed E-state index contributed by atoms with van der Waals surface area (Å²) in [7, 11) is 1.45. The van der Waals surface area contributed by atoms with Gasteiger partial charge in [0.25, 0.3) is 0 Å². The molecule has 1 fully saturated rings. The molecule has 0 aromatic carbocycles. The van der Waals surface area contributed by atoms with E-state index in [4.69, 9.17) is 4.74 Å². The monoisotopic (exact) mass is 241 g/mol. The van der Waals surface area contributed by atoms with Crippen LogP contribution in [0.15, 0.2) is 0 Å². The number of carbonyl (C=O) groups is 1. The van der Waals surface area contributed by atoms with Gasteiger partial charge in [0.05, 0.1) is 12.5 Å². The normalized spacial score (nSPS) is 19.3. The van der Waals surface area contributed by atoms with E-state index in [0.717, 1.165) is 6.54 Å². The molecular formula is C14H27NO2. The van der Waals surface area contributed by atoms with Gasteiger partial charge in [0.2, 0.25) is 0 Å². The summed E-state index contributed by atoms with van der Waals surface area (Å²) < 4.78 is 4.81. The fourth-order valence-corrected chi connectivity index (χ4v) is 2.77. The number of ether oxygens (including phenoxy) is 1. The van der Waals surface area contributed by atoms with E-state index in [2.05, 4.69) is 12.2 Å². The zero-order chi connectivity index (χ0) is 12.9. The van der Waals surface area contributed by atoms with E-state index in [-0.39, 0.29) is 5.97 Å². The van der Waals surface area contributed by atoms with E-state index in [1.807, 2.05) is 13.8 Å². The molecule has 1 rings (SSSR count). The Morgan fingerprint density at radius 2 is 1.94 bits per heavy atom. The summed E-state index contributed by atoms with van der Waals surface area (Å²) in [4.78, 5) is 11.5. The minimum absolute atomic E-state index is 0.137. The van der Waals surface area contributed by atoms with Crippen LogP contribution in [0.5, 0.6) is 0 Å². The van der Waals surface area contributed by atoms with Gasteiger partial charge in [-0.25, -0.2) is 0 Å². The van der Waals surface area contributed by atoms with Crippen LogP contribution in [-0.4, -0.2) is 26.2 Å². The van der Waals surface area contributed by atoms with Crippen LogP contribution in [-0.2, 0) is 9.53 Å². The van der Waals surface area contributed by atoms with Crippen LogP contribution in [0.25, 0.3) is 0 Å². The van der Waals surface area contributed by atoms with Crippen molar-refractivity contribution in [2.24, 2.45) is 10.8 Å². The molecule has 0 aliphatic heterocycles. The van der Waals surface area contributed by atoms with Crippen molar-refractivity contribution in [3.05, 3.63) is 0 Å². The second-order valence-corrected chi connectivity index (χ2v) is 6.04. The average Bonchev–Trinajstić information content (AvgIpc) is 2.77. The Morgan fingerprint density at radius 3 is 2.41 bits per heavy atom. The van der Waals surface area contributed by atoms with Crippen molar-refractivity contribution in [2.45, 2.75) is 52.9 Å². The highest BCUT2D eigenvalue weighted by Gasteiger charge is 2.33. The second kappa shape index (κ2) is 5.85. The third kappa shape index (κ3) is 3.70. The average molecular weight is 241 g/mol. The van der Waals surface area contributed by atoms with Gasteiger partial charge in [-0.3, -0.25) is 4.79 Å². The van der Waals surface area contributed by atoms with Gasteiger partial charge >= 0.3 is 5.97 Å². The second-order valence-electron chi connectivity index (χ2n) is 6.04. The van der Waals surface area contributed by atoms with Gasteiger partial charge in [0.1, 0.15) is 0 Å². The molecule has 3 nitrogen and oxygen atoms in total. The SMILES string of the molecule is CCC1(CNCC(C)(C)C(=O)OC)CCCC1. The Labute approximate surface area is 105 Å². The Bertz CT molecular complexity index is 255. The van der Waals surface area contributed by atoms with E-state index in [1.54, 1.807) is 0 Å². The molecule has 0 heterocycles. The van der Waals surface area contributed by atoms with E-state index < -0.39 is 5.41 Å². The third-order valence-corrected chi connectivity index (χ3v) is 4.22. The third-order valence-electron chi connectivity index (χ3n) is 4.22. The first-order valence-electron chi connectivity index (χ1n) is 6.75. The summed E-state index contributed by atoms with van der Waals surface area (Å²) in [5, 5.41) is 3.47. The van der Waals surface area contributed by atoms with Gasteiger partial charge < -0.3 is 10.1 Å². The van der Waals surface area contributed by atoms with Gasteiger partial charge in [-0.15, -0.1) is 0 Å². The first-order chi connectivity index (χ1) is 7.96. The number of carbonyl (C=O) groups excluding carboxylic acids is 1. The van der Waals surface area contributed by atoms with Crippen molar-refractivity contribution in [3.63, 3.8) is 0 Å². The van der Waals surface area contributed by atoms with Crippen molar-refractivity contribution < 1.29 is 9.53 Å². The minimum atomic E-state index is -0.428. The van der Waals surface area contributed by atoms with Gasteiger partial charge in [-0.05, 0) is 38.5 Å². The molecule has 0 saturated heterocycles. The van der Waals surface area contributed by atoms with Gasteiger partial charge in [-0.1, -0.05) is 19.8 Å². The first-order valence-corrected chi connectivity index (χ1v) is 6.75. The molecule has 100 valence electrons. The Morgan fingerprint density at radius 1 is 1.35 bits per heavy atom. The Kier molecular flexibility index (Phi) is 4.99. The molecule has 1 N–H and O–H groups in total. The van der Waals surface area contributed by atoms with Crippen LogP contribution < -0.4 is 5.32 Å². The zero-order valence-corrected chi connectivity index (χ0v) is 11.8. The largest absolute Gasteiger partial charge is 0.469 e. The molecule has 17 heavy (non-hydrogen) atoms. The summed E-state index contributed by atoms with van der Waals surface area (Å²) in [5.74, 6) is -0.137. The van der Waals surface area contributed by atoms with E-state index in [9.17, 15) is 4.79 Å². The molecule has 3 heteroatoms. The molecule has 1 aliphatic carbocycles. The van der Waals surface area contributed by atoms with Crippen molar-refractivity contribution in [1.82, 2.24) is 5.32 Å². The number of hydrogen-bond donors (Lipinski definition) is 1. The van der Waals surface area contributed by atoms with E-state index in [0.29, 0.717) is 12.0 Å². The molecule has 1 aliphatic rings. The summed E-state index contributed by atoms with van der Waals surface area (Å²) in [5.41, 5.74) is 0.0501. The summed E-state index contributed by atoms with van der Waals surface area (Å²) in [6, 6.07) is 0. The Hall–Kier alpha value is -0.570. The van der Waals surface area contributed by atoms with E-state index in [1.165, 1.54) is 39.2 Å². The van der Waals surface area contributed by atoms with Crippen molar-refractivity contribution in [1.29, 1.82) is 0 Å². The number of nitrogens with one attached hydrogen (secondary N) is 1. The van der Waals surface area contributed by atoms with Crippen LogP contribution >= 0.6 is 0 Å². The lowest BCUT2D eigenvalue weighted by molar-refractivity contribution is -0.150. The van der Waals surface area contributed by atoms with Crippen LogP contribution in [0.1, 0.15) is 52.9 Å². The van der Waals surface area contributed by atoms with Crippen LogP contribution in [0.3, 0.4) is 0 Å². The molecule has 1 saturated carbocycles. The molecule has 0 atom stereocenters. The summed E-state index contributed by atoms with van der Waals surface area (Å²) in [6.07, 6.45) is 6.61. The summed E-state index contributed by atoms with van der Waals surface area (Å²) >= 11 is 0. The lowest BCUT2D eigenvalue weighted by Crippen LogP contribution is -2.41. The van der Waals surface area contributed by atoms with Crippen molar-refractivity contribution in [3.8, 4) is 0 Å². The standard InChI is InChI=1S/C14H27NO2/c1-5-14(8-6-7-9-14)11-15-10-13(2,3)12(16)17-4/h15H,5-11H2,1-4H3. The number of esters is 1. The lowest BCUT2D eigenvalue weighted by atomic mass is 9.83. The number of methoxy groups -OCH3 is 1. The van der Waals surface area contributed by atoms with Gasteiger partial charge in [-0.2, -0.15) is 0 Å². The zero-order valence-electron chi connectivity index (χ0n) is 11.8. The molecule has 0 radical (unpaired) electrons. The maximum Gasteiger partial charge on any atom is 0.312 e. The predicted octanol–water partition coefficient (Wildman–Crippen LogP) is 2.75. The molecule has 0 unspecified atom stereocenters. The smallest absolute Gasteiger partial charge is 0.312 e. The minimum Gasteiger partial charge on any atom is -0.469 e. The maximum absolute atomic E-state index is 11.5. The number of rotatable bonds is 6. The highest BCUT2D eigenvalue weighted by molar-refractivity contribution is 5.76. The molecule has 0 bridgehead atoms. The molecule has 0 amide bonds. The van der Waals surface area contributed by atoms with Crippen LogP contribution in [0.2, 0.25) is 0 Å². The fourth-order valence-electron chi connectivity index (χ4n) is 2.77. The maximum atomic E-state index is 11.5. The van der Waals surface area contributed by atoms with E-state index >= 15 is 0 Å². The topological polar surface area (TPSA) is 38.3 Å². The Balaban J connectivity index is 2.38. The molecule has 0 aromatic heterocycles. The fraction of sp³-hybridized carbons (Fsp3) is 0.929. The van der Waals surface area contributed by atoms with Crippen molar-refractivity contribution in [2.75, 3.05) is 20.2 Å².